The average molecular weight is 334 g/mol. The Bertz CT molecular complexity index is 337. The first-order valence-electron chi connectivity index (χ1n) is 5.15. The largest absolute Gasteiger partial charge is 0.397 e. The summed E-state index contributed by atoms with van der Waals surface area (Å²) in [6, 6.07) is 6.80. The van der Waals surface area contributed by atoms with Crippen LogP contribution in [0.25, 0.3) is 0 Å². The zero-order valence-electron chi connectivity index (χ0n) is 8.50. The molecule has 2 nitrogen and oxygen atoms in total. The highest BCUT2D eigenvalue weighted by Gasteiger charge is 2.13. The summed E-state index contributed by atoms with van der Waals surface area (Å²) in [5.41, 5.74) is 7.92. The Kier molecular flexibility index (Phi) is 4.02. The van der Waals surface area contributed by atoms with E-state index in [1.54, 1.807) is 0 Å². The number of nitrogens with one attached hydrogen (secondary N) is 1. The third-order valence-corrected chi connectivity index (χ3v) is 4.31. The molecule has 0 unspecified atom stereocenters. The molecule has 0 saturated carbocycles. The van der Waals surface area contributed by atoms with E-state index in [9.17, 15) is 0 Å². The minimum Gasteiger partial charge on any atom is -0.397 e. The van der Waals surface area contributed by atoms with Crippen LogP contribution >= 0.6 is 34.4 Å². The molecule has 1 heterocycles. The molecule has 1 aliphatic rings. The van der Waals surface area contributed by atoms with Crippen LogP contribution in [-0.2, 0) is 0 Å². The molecule has 0 radical (unpaired) electrons. The molecule has 0 aliphatic carbocycles. The molecule has 1 saturated heterocycles. The second-order valence-electron chi connectivity index (χ2n) is 3.76. The van der Waals surface area contributed by atoms with Crippen molar-refractivity contribution in [1.29, 1.82) is 0 Å². The minimum absolute atomic E-state index is 0.605. The Labute approximate surface area is 109 Å². The van der Waals surface area contributed by atoms with Gasteiger partial charge in [0, 0.05) is 9.61 Å². The lowest BCUT2D eigenvalue weighted by Gasteiger charge is -2.24. The number of benzene rings is 1. The fourth-order valence-electron chi connectivity index (χ4n) is 1.73. The summed E-state index contributed by atoms with van der Waals surface area (Å²) in [6.45, 7) is 0. The van der Waals surface area contributed by atoms with E-state index in [1.807, 2.05) is 17.8 Å². The van der Waals surface area contributed by atoms with Crippen molar-refractivity contribution in [2.75, 3.05) is 22.6 Å². The van der Waals surface area contributed by atoms with Crippen LogP contribution in [-0.4, -0.2) is 17.5 Å². The molecular weight excluding hydrogens is 319 g/mol. The highest BCUT2D eigenvalue weighted by atomic mass is 127. The van der Waals surface area contributed by atoms with E-state index in [1.165, 1.54) is 27.9 Å². The molecule has 0 amide bonds. The van der Waals surface area contributed by atoms with Crippen molar-refractivity contribution < 1.29 is 0 Å². The molecule has 1 aromatic rings. The van der Waals surface area contributed by atoms with Gasteiger partial charge in [0.2, 0.25) is 0 Å². The number of hydrogen-bond donors (Lipinski definition) is 2. The summed E-state index contributed by atoms with van der Waals surface area (Å²) in [5, 5.41) is 3.53. The van der Waals surface area contributed by atoms with Gasteiger partial charge in [-0.25, -0.2) is 0 Å². The Morgan fingerprint density at radius 2 is 2.07 bits per heavy atom. The highest BCUT2D eigenvalue weighted by Crippen LogP contribution is 2.25. The molecule has 1 aliphatic heterocycles. The number of nitrogen functional groups attached to an aromatic ring is 1. The van der Waals surface area contributed by atoms with Crippen molar-refractivity contribution in [2.45, 2.75) is 18.9 Å². The van der Waals surface area contributed by atoms with Gasteiger partial charge >= 0.3 is 0 Å². The van der Waals surface area contributed by atoms with Gasteiger partial charge in [-0.15, -0.1) is 0 Å². The van der Waals surface area contributed by atoms with Gasteiger partial charge in [0.15, 0.2) is 0 Å². The van der Waals surface area contributed by atoms with Crippen molar-refractivity contribution in [3.8, 4) is 0 Å². The van der Waals surface area contributed by atoms with E-state index in [-0.39, 0.29) is 0 Å². The summed E-state index contributed by atoms with van der Waals surface area (Å²) in [6.07, 6.45) is 2.49. The molecule has 1 fully saturated rings. The molecule has 1 aromatic carbocycles. The topological polar surface area (TPSA) is 38.0 Å². The van der Waals surface area contributed by atoms with Crippen LogP contribution in [0.2, 0.25) is 0 Å². The lowest BCUT2D eigenvalue weighted by Crippen LogP contribution is -2.24. The van der Waals surface area contributed by atoms with Crippen molar-refractivity contribution >= 4 is 45.7 Å². The Balaban J connectivity index is 2.03. The summed E-state index contributed by atoms with van der Waals surface area (Å²) in [7, 11) is 0. The van der Waals surface area contributed by atoms with Crippen LogP contribution in [0.5, 0.6) is 0 Å². The smallest absolute Gasteiger partial charge is 0.0576 e. The van der Waals surface area contributed by atoms with Gasteiger partial charge in [-0.2, -0.15) is 11.8 Å². The minimum atomic E-state index is 0.605. The van der Waals surface area contributed by atoms with E-state index < -0.39 is 0 Å². The van der Waals surface area contributed by atoms with Crippen LogP contribution in [0.3, 0.4) is 0 Å². The average Bonchev–Trinajstić information content (AvgIpc) is 2.24. The van der Waals surface area contributed by atoms with Crippen LogP contribution in [0, 0.1) is 3.57 Å². The first-order chi connectivity index (χ1) is 7.25. The van der Waals surface area contributed by atoms with Gasteiger partial charge in [0.25, 0.3) is 0 Å². The number of thioether (sulfide) groups is 1. The molecule has 82 valence electrons. The molecule has 4 heteroatoms. The van der Waals surface area contributed by atoms with E-state index in [0.29, 0.717) is 6.04 Å². The van der Waals surface area contributed by atoms with Crippen LogP contribution < -0.4 is 11.1 Å². The summed E-state index contributed by atoms with van der Waals surface area (Å²) >= 11 is 4.33. The molecule has 2 rings (SSSR count). The van der Waals surface area contributed by atoms with E-state index in [0.717, 1.165) is 11.4 Å². The lowest BCUT2D eigenvalue weighted by molar-refractivity contribution is 0.667. The van der Waals surface area contributed by atoms with E-state index >= 15 is 0 Å². The number of halogens is 1. The second-order valence-corrected chi connectivity index (χ2v) is 6.23. The maximum Gasteiger partial charge on any atom is 0.0576 e. The molecule has 0 aromatic heterocycles. The van der Waals surface area contributed by atoms with Gasteiger partial charge in [-0.05, 0) is 65.1 Å². The lowest BCUT2D eigenvalue weighted by atomic mass is 10.1. The van der Waals surface area contributed by atoms with Crippen molar-refractivity contribution in [2.24, 2.45) is 0 Å². The zero-order valence-corrected chi connectivity index (χ0v) is 11.5. The fourth-order valence-corrected chi connectivity index (χ4v) is 3.35. The fraction of sp³-hybridized carbons (Fsp3) is 0.455. The second kappa shape index (κ2) is 5.30. The van der Waals surface area contributed by atoms with Crippen LogP contribution in [0.4, 0.5) is 11.4 Å². The van der Waals surface area contributed by atoms with Gasteiger partial charge in [-0.3, -0.25) is 0 Å². The van der Waals surface area contributed by atoms with Gasteiger partial charge < -0.3 is 11.1 Å². The third-order valence-electron chi connectivity index (χ3n) is 2.59. The molecule has 15 heavy (non-hydrogen) atoms. The third kappa shape index (κ3) is 3.17. The van der Waals surface area contributed by atoms with Gasteiger partial charge in [0.1, 0.15) is 0 Å². The first kappa shape index (κ1) is 11.4. The van der Waals surface area contributed by atoms with E-state index in [2.05, 4.69) is 40.0 Å². The zero-order chi connectivity index (χ0) is 10.7. The van der Waals surface area contributed by atoms with E-state index in [4.69, 9.17) is 5.73 Å². The molecule has 3 N–H and O–H groups in total. The SMILES string of the molecule is Nc1cc(I)ccc1NC1CCSCC1. The predicted molar refractivity (Wildman–Crippen MR) is 77.5 cm³/mol. The molecule has 0 atom stereocenters. The number of anilines is 2. The number of hydrogen-bond acceptors (Lipinski definition) is 3. The summed E-state index contributed by atoms with van der Waals surface area (Å²) < 4.78 is 1.19. The molecule has 0 bridgehead atoms. The number of nitrogens with two attached hydrogens (primary N) is 1. The maximum atomic E-state index is 5.97. The Morgan fingerprint density at radius 1 is 1.33 bits per heavy atom. The van der Waals surface area contributed by atoms with Gasteiger partial charge in [0.05, 0.1) is 11.4 Å². The molecule has 0 spiro atoms. The van der Waals surface area contributed by atoms with Gasteiger partial charge in [-0.1, -0.05) is 0 Å². The van der Waals surface area contributed by atoms with Crippen LogP contribution in [0.1, 0.15) is 12.8 Å². The first-order valence-corrected chi connectivity index (χ1v) is 7.38. The van der Waals surface area contributed by atoms with Crippen molar-refractivity contribution in [1.82, 2.24) is 0 Å². The Hall–Kier alpha value is -0.100. The summed E-state index contributed by atoms with van der Waals surface area (Å²) in [4.78, 5) is 0. The predicted octanol–water partition coefficient (Wildman–Crippen LogP) is 3.18. The van der Waals surface area contributed by atoms with Crippen molar-refractivity contribution in [3.63, 3.8) is 0 Å². The summed E-state index contributed by atoms with van der Waals surface area (Å²) in [5.74, 6) is 2.53. The molecular formula is C11H15IN2S. The monoisotopic (exact) mass is 334 g/mol. The van der Waals surface area contributed by atoms with Crippen LogP contribution in [0.15, 0.2) is 18.2 Å². The van der Waals surface area contributed by atoms with Crippen molar-refractivity contribution in [3.05, 3.63) is 21.8 Å². The quantitative estimate of drug-likeness (QED) is 0.644. The standard InChI is InChI=1S/C11H15IN2S/c12-8-1-2-11(10(13)7-8)14-9-3-5-15-6-4-9/h1-2,7,9,14H,3-6,13H2. The normalized spacial score (nSPS) is 17.7. The number of rotatable bonds is 2. The Morgan fingerprint density at radius 3 is 2.73 bits per heavy atom. The maximum absolute atomic E-state index is 5.97. The highest BCUT2D eigenvalue weighted by molar-refractivity contribution is 14.1.